The van der Waals surface area contributed by atoms with E-state index in [4.69, 9.17) is 4.74 Å². The first-order valence-electron chi connectivity index (χ1n) is 8.32. The molecule has 26 heavy (non-hydrogen) atoms. The van der Waals surface area contributed by atoms with E-state index in [1.54, 1.807) is 42.5 Å². The van der Waals surface area contributed by atoms with Gasteiger partial charge in [-0.1, -0.05) is 36.4 Å². The highest BCUT2D eigenvalue weighted by molar-refractivity contribution is 7.90. The van der Waals surface area contributed by atoms with Crippen LogP contribution in [0.3, 0.4) is 0 Å². The Bertz CT molecular complexity index is 1200. The van der Waals surface area contributed by atoms with E-state index in [9.17, 15) is 8.42 Å². The van der Waals surface area contributed by atoms with Gasteiger partial charge in [-0.2, -0.15) is 8.42 Å². The fraction of sp³-hybridized carbons (Fsp3) is 0.158. The number of ether oxygens (including phenoxy) is 1. The predicted molar refractivity (Wildman–Crippen MR) is 99.8 cm³/mol. The zero-order valence-corrected chi connectivity index (χ0v) is 15.0. The van der Waals surface area contributed by atoms with Crippen LogP contribution in [0.1, 0.15) is 13.3 Å². The van der Waals surface area contributed by atoms with Crippen LogP contribution < -0.4 is 4.74 Å². The number of fused-ring (bicyclic) bond motifs is 2. The zero-order chi connectivity index (χ0) is 18.1. The van der Waals surface area contributed by atoms with E-state index >= 15 is 0 Å². The van der Waals surface area contributed by atoms with Gasteiger partial charge in [-0.3, -0.25) is 0 Å². The van der Waals surface area contributed by atoms with Crippen LogP contribution in [-0.4, -0.2) is 29.4 Å². The van der Waals surface area contributed by atoms with E-state index < -0.39 is 10.0 Å². The van der Waals surface area contributed by atoms with Crippen molar-refractivity contribution >= 4 is 31.8 Å². The molecule has 1 aromatic heterocycles. The highest BCUT2D eigenvalue weighted by atomic mass is 32.2. The molecule has 1 heterocycles. The molecule has 7 heteroatoms. The second-order valence-electron chi connectivity index (χ2n) is 5.95. The van der Waals surface area contributed by atoms with Gasteiger partial charge < -0.3 is 4.74 Å². The molecule has 0 aliphatic carbocycles. The summed E-state index contributed by atoms with van der Waals surface area (Å²) in [6, 6.07) is 17.6. The van der Waals surface area contributed by atoms with E-state index in [0.29, 0.717) is 17.6 Å². The summed E-state index contributed by atoms with van der Waals surface area (Å²) in [7, 11) is -3.83. The zero-order valence-electron chi connectivity index (χ0n) is 14.2. The van der Waals surface area contributed by atoms with Gasteiger partial charge in [-0.05, 0) is 53.6 Å². The lowest BCUT2D eigenvalue weighted by Gasteiger charge is -2.08. The molecule has 0 amide bonds. The van der Waals surface area contributed by atoms with Gasteiger partial charge in [0.25, 0.3) is 10.0 Å². The Morgan fingerprint density at radius 2 is 1.77 bits per heavy atom. The third-order valence-electron chi connectivity index (χ3n) is 4.10. The normalized spacial score (nSPS) is 11.9. The fourth-order valence-corrected chi connectivity index (χ4v) is 4.06. The maximum atomic E-state index is 13.0. The monoisotopic (exact) mass is 367 g/mol. The van der Waals surface area contributed by atoms with Crippen molar-refractivity contribution in [3.05, 3.63) is 60.7 Å². The minimum atomic E-state index is -3.83. The summed E-state index contributed by atoms with van der Waals surface area (Å²) in [5.74, 6) is 0.775. The standard InChI is InChI=1S/C19H17N3O3S/c1-2-11-25-16-9-7-15-13-17(10-8-14(15)12-16)26(23,24)22-19-6-4-3-5-18(19)20-21-22/h3-10,12-13H,2,11H2,1H3. The smallest absolute Gasteiger partial charge is 0.284 e. The summed E-state index contributed by atoms with van der Waals surface area (Å²) >= 11 is 0. The number of benzene rings is 3. The summed E-state index contributed by atoms with van der Waals surface area (Å²) in [4.78, 5) is 0.169. The summed E-state index contributed by atoms with van der Waals surface area (Å²) < 4.78 is 32.6. The van der Waals surface area contributed by atoms with Gasteiger partial charge in [-0.15, -0.1) is 9.19 Å². The Labute approximate surface area is 151 Å². The molecule has 0 bridgehead atoms. The molecule has 0 fully saturated rings. The topological polar surface area (TPSA) is 74.1 Å². The molecule has 0 saturated heterocycles. The maximum Gasteiger partial charge on any atom is 0.284 e. The minimum Gasteiger partial charge on any atom is -0.494 e. The predicted octanol–water partition coefficient (Wildman–Crippen LogP) is 3.61. The molecule has 0 N–H and O–H groups in total. The van der Waals surface area contributed by atoms with Crippen LogP contribution in [0.4, 0.5) is 0 Å². The Balaban J connectivity index is 1.78. The van der Waals surface area contributed by atoms with Gasteiger partial charge >= 0.3 is 0 Å². The van der Waals surface area contributed by atoms with Crippen molar-refractivity contribution in [2.75, 3.05) is 6.61 Å². The Hall–Kier alpha value is -2.93. The van der Waals surface area contributed by atoms with Crippen molar-refractivity contribution in [2.45, 2.75) is 18.2 Å². The highest BCUT2D eigenvalue weighted by Crippen LogP contribution is 2.26. The number of para-hydroxylation sites is 1. The van der Waals surface area contributed by atoms with Crippen LogP contribution in [-0.2, 0) is 10.0 Å². The van der Waals surface area contributed by atoms with Gasteiger partial charge in [-0.25, -0.2) is 0 Å². The maximum absolute atomic E-state index is 13.0. The number of hydrogen-bond acceptors (Lipinski definition) is 5. The molecule has 0 radical (unpaired) electrons. The van der Waals surface area contributed by atoms with Crippen molar-refractivity contribution in [1.29, 1.82) is 0 Å². The SMILES string of the molecule is CCCOc1ccc2cc(S(=O)(=O)n3nnc4ccccc43)ccc2c1. The second kappa shape index (κ2) is 6.42. The van der Waals surface area contributed by atoms with Crippen molar-refractivity contribution in [1.82, 2.24) is 14.4 Å². The summed E-state index contributed by atoms with van der Waals surface area (Å²) in [6.07, 6.45) is 0.932. The molecule has 0 unspecified atom stereocenters. The molecule has 132 valence electrons. The molecule has 4 rings (SSSR count). The first-order valence-corrected chi connectivity index (χ1v) is 9.76. The fourth-order valence-electron chi connectivity index (χ4n) is 2.80. The first-order chi connectivity index (χ1) is 12.6. The Kier molecular flexibility index (Phi) is 4.08. The molecule has 0 spiro atoms. The van der Waals surface area contributed by atoms with Crippen molar-refractivity contribution in [3.63, 3.8) is 0 Å². The molecule has 0 aliphatic rings. The first kappa shape index (κ1) is 16.5. The van der Waals surface area contributed by atoms with Gasteiger partial charge in [0.1, 0.15) is 16.8 Å². The molecule has 3 aromatic carbocycles. The highest BCUT2D eigenvalue weighted by Gasteiger charge is 2.21. The lowest BCUT2D eigenvalue weighted by molar-refractivity contribution is 0.318. The number of nitrogens with zero attached hydrogens (tertiary/aromatic N) is 3. The third-order valence-corrected chi connectivity index (χ3v) is 5.68. The van der Waals surface area contributed by atoms with Gasteiger partial charge in [0.2, 0.25) is 0 Å². The lowest BCUT2D eigenvalue weighted by atomic mass is 10.1. The van der Waals surface area contributed by atoms with Gasteiger partial charge in [0, 0.05) is 0 Å². The van der Waals surface area contributed by atoms with Crippen molar-refractivity contribution in [2.24, 2.45) is 0 Å². The summed E-state index contributed by atoms with van der Waals surface area (Å²) in [5.41, 5.74) is 0.991. The molecule has 0 saturated carbocycles. The van der Waals surface area contributed by atoms with Crippen LogP contribution in [0, 0.1) is 0 Å². The van der Waals surface area contributed by atoms with Crippen LogP contribution in [0.15, 0.2) is 65.6 Å². The third kappa shape index (κ3) is 2.80. The number of rotatable bonds is 5. The number of aromatic nitrogens is 3. The van der Waals surface area contributed by atoms with E-state index in [1.807, 2.05) is 25.1 Å². The minimum absolute atomic E-state index is 0.169. The Morgan fingerprint density at radius 1 is 1.00 bits per heavy atom. The second-order valence-corrected chi connectivity index (χ2v) is 7.71. The van der Waals surface area contributed by atoms with Crippen LogP contribution in [0.2, 0.25) is 0 Å². The van der Waals surface area contributed by atoms with Gasteiger partial charge in [0.05, 0.1) is 11.5 Å². The molecular formula is C19H17N3O3S. The molecule has 0 aliphatic heterocycles. The van der Waals surface area contributed by atoms with Crippen LogP contribution >= 0.6 is 0 Å². The van der Waals surface area contributed by atoms with E-state index in [0.717, 1.165) is 27.0 Å². The van der Waals surface area contributed by atoms with Crippen molar-refractivity contribution < 1.29 is 13.2 Å². The number of hydrogen-bond donors (Lipinski definition) is 0. The molecular weight excluding hydrogens is 350 g/mol. The summed E-state index contributed by atoms with van der Waals surface area (Å²) in [5, 5.41) is 9.50. The molecule has 6 nitrogen and oxygen atoms in total. The van der Waals surface area contributed by atoms with E-state index in [1.165, 1.54) is 0 Å². The summed E-state index contributed by atoms with van der Waals surface area (Å²) in [6.45, 7) is 2.70. The van der Waals surface area contributed by atoms with E-state index in [-0.39, 0.29) is 4.90 Å². The van der Waals surface area contributed by atoms with Gasteiger partial charge in [0.15, 0.2) is 0 Å². The van der Waals surface area contributed by atoms with E-state index in [2.05, 4.69) is 10.3 Å². The Morgan fingerprint density at radius 3 is 2.62 bits per heavy atom. The average molecular weight is 367 g/mol. The quantitative estimate of drug-likeness (QED) is 0.539. The van der Waals surface area contributed by atoms with Crippen molar-refractivity contribution in [3.8, 4) is 5.75 Å². The lowest BCUT2D eigenvalue weighted by Crippen LogP contribution is -2.14. The molecule has 4 aromatic rings. The molecule has 0 atom stereocenters. The largest absolute Gasteiger partial charge is 0.494 e. The van der Waals surface area contributed by atoms with Crippen LogP contribution in [0.25, 0.3) is 21.8 Å². The average Bonchev–Trinajstić information content (AvgIpc) is 3.10. The van der Waals surface area contributed by atoms with Crippen LogP contribution in [0.5, 0.6) is 5.75 Å².